The van der Waals surface area contributed by atoms with E-state index in [4.69, 9.17) is 11.6 Å². The monoisotopic (exact) mass is 240 g/mol. The van der Waals surface area contributed by atoms with Crippen LogP contribution in [-0.4, -0.2) is 16.4 Å². The molecule has 0 aliphatic carbocycles. The highest BCUT2D eigenvalue weighted by molar-refractivity contribution is 6.18. The van der Waals surface area contributed by atoms with Crippen LogP contribution >= 0.6 is 11.6 Å². The zero-order valence-electron chi connectivity index (χ0n) is 10.4. The molecule has 1 rings (SSSR count). The van der Waals surface area contributed by atoms with Crippen LogP contribution in [0, 0.1) is 6.92 Å². The smallest absolute Gasteiger partial charge is 0.0570 e. The average molecular weight is 241 g/mol. The third-order valence-corrected chi connectivity index (χ3v) is 3.87. The van der Waals surface area contributed by atoms with Gasteiger partial charge in [0.15, 0.2) is 0 Å². The van der Waals surface area contributed by atoms with Gasteiger partial charge in [-0.2, -0.15) is 0 Å². The van der Waals surface area contributed by atoms with Crippen LogP contribution in [0.15, 0.2) is 18.3 Å². The Bertz CT molecular complexity index is 313. The lowest BCUT2D eigenvalue weighted by molar-refractivity contribution is 0.332. The SMILES string of the molecule is CCC(CC)(CCl)NCc1ncccc1C. The summed E-state index contributed by atoms with van der Waals surface area (Å²) in [6.45, 7) is 7.22. The third kappa shape index (κ3) is 3.19. The topological polar surface area (TPSA) is 24.9 Å². The summed E-state index contributed by atoms with van der Waals surface area (Å²) in [6, 6.07) is 4.05. The van der Waals surface area contributed by atoms with E-state index in [9.17, 15) is 0 Å². The van der Waals surface area contributed by atoms with Gasteiger partial charge in [-0.15, -0.1) is 11.6 Å². The molecule has 1 aromatic rings. The molecule has 90 valence electrons. The first-order chi connectivity index (χ1) is 7.67. The van der Waals surface area contributed by atoms with Crippen molar-refractivity contribution in [3.05, 3.63) is 29.6 Å². The minimum Gasteiger partial charge on any atom is -0.304 e. The molecule has 1 N–H and O–H groups in total. The molecule has 0 saturated heterocycles. The lowest BCUT2D eigenvalue weighted by Gasteiger charge is -2.30. The summed E-state index contributed by atoms with van der Waals surface area (Å²) in [6.07, 6.45) is 3.92. The Balaban J connectivity index is 2.66. The first-order valence-corrected chi connectivity index (χ1v) is 6.42. The number of alkyl halides is 1. The van der Waals surface area contributed by atoms with E-state index in [1.54, 1.807) is 0 Å². The van der Waals surface area contributed by atoms with Gasteiger partial charge in [0.1, 0.15) is 0 Å². The van der Waals surface area contributed by atoms with Crippen LogP contribution in [0.25, 0.3) is 0 Å². The van der Waals surface area contributed by atoms with Gasteiger partial charge < -0.3 is 5.32 Å². The number of rotatable bonds is 6. The zero-order chi connectivity index (χ0) is 12.0. The quantitative estimate of drug-likeness (QED) is 0.772. The van der Waals surface area contributed by atoms with Crippen molar-refractivity contribution >= 4 is 11.6 Å². The van der Waals surface area contributed by atoms with Crippen LogP contribution in [0.5, 0.6) is 0 Å². The number of aryl methyl sites for hydroxylation is 1. The van der Waals surface area contributed by atoms with Crippen LogP contribution < -0.4 is 5.32 Å². The minimum absolute atomic E-state index is 0.0471. The van der Waals surface area contributed by atoms with Crippen LogP contribution in [-0.2, 0) is 6.54 Å². The van der Waals surface area contributed by atoms with Crippen LogP contribution in [0.4, 0.5) is 0 Å². The molecule has 1 aromatic heterocycles. The van der Waals surface area contributed by atoms with Gasteiger partial charge in [0.2, 0.25) is 0 Å². The normalized spacial score (nSPS) is 11.8. The fourth-order valence-corrected chi connectivity index (χ4v) is 2.18. The Morgan fingerprint density at radius 3 is 2.56 bits per heavy atom. The summed E-state index contributed by atoms with van der Waals surface area (Å²) in [4.78, 5) is 4.38. The predicted molar refractivity (Wildman–Crippen MR) is 69.8 cm³/mol. The lowest BCUT2D eigenvalue weighted by Crippen LogP contribution is -2.45. The standard InChI is InChI=1S/C13H21ClN2/c1-4-13(5-2,10-14)16-9-12-11(3)7-6-8-15-12/h6-8,16H,4-5,9-10H2,1-3H3. The molecule has 0 bridgehead atoms. The maximum atomic E-state index is 6.05. The summed E-state index contributed by atoms with van der Waals surface area (Å²) in [5.41, 5.74) is 2.38. The highest BCUT2D eigenvalue weighted by Gasteiger charge is 2.24. The molecule has 0 unspecified atom stereocenters. The largest absolute Gasteiger partial charge is 0.304 e. The van der Waals surface area contributed by atoms with Crippen molar-refractivity contribution < 1.29 is 0 Å². The molecule has 0 aliphatic heterocycles. The number of hydrogen-bond acceptors (Lipinski definition) is 2. The second-order valence-corrected chi connectivity index (χ2v) is 4.51. The summed E-state index contributed by atoms with van der Waals surface area (Å²) in [5, 5.41) is 3.54. The number of nitrogens with one attached hydrogen (secondary N) is 1. The predicted octanol–water partition coefficient (Wildman–Crippen LogP) is 3.28. The highest BCUT2D eigenvalue weighted by Crippen LogP contribution is 2.18. The number of pyridine rings is 1. The van der Waals surface area contributed by atoms with Crippen molar-refractivity contribution in [2.75, 3.05) is 5.88 Å². The van der Waals surface area contributed by atoms with E-state index in [1.807, 2.05) is 12.3 Å². The van der Waals surface area contributed by atoms with E-state index < -0.39 is 0 Å². The van der Waals surface area contributed by atoms with Crippen molar-refractivity contribution in [1.82, 2.24) is 10.3 Å². The fourth-order valence-electron chi connectivity index (χ4n) is 1.71. The van der Waals surface area contributed by atoms with Crippen molar-refractivity contribution in [3.8, 4) is 0 Å². The molecule has 2 nitrogen and oxygen atoms in total. The molecule has 3 heteroatoms. The Labute approximate surface area is 103 Å². The second-order valence-electron chi connectivity index (χ2n) is 4.24. The fraction of sp³-hybridized carbons (Fsp3) is 0.615. The van der Waals surface area contributed by atoms with E-state index in [-0.39, 0.29) is 5.54 Å². The van der Waals surface area contributed by atoms with Gasteiger partial charge in [0.05, 0.1) is 5.69 Å². The van der Waals surface area contributed by atoms with Crippen molar-refractivity contribution in [3.63, 3.8) is 0 Å². The zero-order valence-corrected chi connectivity index (χ0v) is 11.1. The third-order valence-electron chi connectivity index (χ3n) is 3.36. The van der Waals surface area contributed by atoms with Crippen molar-refractivity contribution in [2.45, 2.75) is 45.7 Å². The molecular formula is C13H21ClN2. The molecule has 1 heterocycles. The number of halogens is 1. The molecule has 0 aromatic carbocycles. The first-order valence-electron chi connectivity index (χ1n) is 5.89. The summed E-state index contributed by atoms with van der Waals surface area (Å²) >= 11 is 6.05. The van der Waals surface area contributed by atoms with E-state index in [0.29, 0.717) is 5.88 Å². The van der Waals surface area contributed by atoms with Crippen LogP contribution in [0.3, 0.4) is 0 Å². The van der Waals surface area contributed by atoms with Gasteiger partial charge in [-0.1, -0.05) is 19.9 Å². The minimum atomic E-state index is 0.0471. The molecule has 0 aliphatic rings. The molecular weight excluding hydrogens is 220 g/mol. The molecule has 0 saturated carbocycles. The van der Waals surface area contributed by atoms with Gasteiger partial charge in [0.25, 0.3) is 0 Å². The van der Waals surface area contributed by atoms with Crippen molar-refractivity contribution in [2.24, 2.45) is 0 Å². The second kappa shape index (κ2) is 6.21. The average Bonchev–Trinajstić information content (AvgIpc) is 2.34. The molecule has 0 amide bonds. The van der Waals surface area contributed by atoms with E-state index in [0.717, 1.165) is 25.1 Å². The Kier molecular flexibility index (Phi) is 5.23. The maximum absolute atomic E-state index is 6.05. The lowest BCUT2D eigenvalue weighted by atomic mass is 9.95. The molecule has 0 radical (unpaired) electrons. The summed E-state index contributed by atoms with van der Waals surface area (Å²) in [5.74, 6) is 0.645. The maximum Gasteiger partial charge on any atom is 0.0570 e. The Morgan fingerprint density at radius 2 is 2.06 bits per heavy atom. The van der Waals surface area contributed by atoms with Gasteiger partial charge >= 0.3 is 0 Å². The number of hydrogen-bond donors (Lipinski definition) is 1. The Morgan fingerprint density at radius 1 is 1.38 bits per heavy atom. The number of nitrogens with zero attached hydrogens (tertiary/aromatic N) is 1. The van der Waals surface area contributed by atoms with E-state index in [1.165, 1.54) is 5.56 Å². The van der Waals surface area contributed by atoms with Crippen LogP contribution in [0.1, 0.15) is 37.9 Å². The first kappa shape index (κ1) is 13.5. The van der Waals surface area contributed by atoms with Crippen molar-refractivity contribution in [1.29, 1.82) is 0 Å². The van der Waals surface area contributed by atoms with Gasteiger partial charge in [-0.3, -0.25) is 4.98 Å². The van der Waals surface area contributed by atoms with Gasteiger partial charge in [-0.25, -0.2) is 0 Å². The molecule has 0 fully saturated rings. The van der Waals surface area contributed by atoms with Gasteiger partial charge in [-0.05, 0) is 31.4 Å². The van der Waals surface area contributed by atoms with Crippen LogP contribution in [0.2, 0.25) is 0 Å². The van der Waals surface area contributed by atoms with E-state index >= 15 is 0 Å². The Hall–Kier alpha value is -0.600. The molecule has 0 atom stereocenters. The summed E-state index contributed by atoms with van der Waals surface area (Å²) in [7, 11) is 0. The number of aromatic nitrogens is 1. The van der Waals surface area contributed by atoms with Gasteiger partial charge in [0, 0.05) is 24.2 Å². The molecule has 0 spiro atoms. The molecule has 16 heavy (non-hydrogen) atoms. The summed E-state index contributed by atoms with van der Waals surface area (Å²) < 4.78 is 0. The van der Waals surface area contributed by atoms with E-state index in [2.05, 4.69) is 37.1 Å². The highest BCUT2D eigenvalue weighted by atomic mass is 35.5.